The van der Waals surface area contributed by atoms with Crippen molar-refractivity contribution in [3.63, 3.8) is 0 Å². The van der Waals surface area contributed by atoms with Crippen LogP contribution in [0.4, 0.5) is 5.69 Å². The molecule has 1 heterocycles. The number of fused-ring (bicyclic) bond motifs is 1. The van der Waals surface area contributed by atoms with E-state index in [0.717, 1.165) is 12.2 Å². The minimum Gasteiger partial charge on any atom is -0.492 e. The number of hydrogen-bond donors (Lipinski definition) is 1. The number of nitrogens with zero attached hydrogens (tertiary/aromatic N) is 1. The second-order valence-corrected chi connectivity index (χ2v) is 8.82. The molecule has 1 N–H and O–H groups in total. The summed E-state index contributed by atoms with van der Waals surface area (Å²) in [4.78, 5) is 12.6. The van der Waals surface area contributed by atoms with Gasteiger partial charge in [-0.25, -0.2) is 8.42 Å². The van der Waals surface area contributed by atoms with E-state index in [4.69, 9.17) is 9.47 Å². The maximum absolute atomic E-state index is 12.6. The fraction of sp³-hybridized carbons (Fsp3) is 0.381. The Labute approximate surface area is 171 Å². The van der Waals surface area contributed by atoms with Gasteiger partial charge in [0.2, 0.25) is 10.0 Å². The van der Waals surface area contributed by atoms with Crippen molar-refractivity contribution in [1.82, 2.24) is 5.32 Å². The third kappa shape index (κ3) is 5.00. The largest absolute Gasteiger partial charge is 0.492 e. The van der Waals surface area contributed by atoms with E-state index in [-0.39, 0.29) is 24.7 Å². The molecule has 0 spiro atoms. The molecule has 2 aromatic rings. The van der Waals surface area contributed by atoms with E-state index in [0.29, 0.717) is 18.0 Å². The zero-order chi connectivity index (χ0) is 20.9. The number of carbonyl (C=O) groups excluding carboxylic acids is 1. The van der Waals surface area contributed by atoms with Crippen LogP contribution in [0.3, 0.4) is 0 Å². The SMILES string of the molecule is CCc1ccc(OCCNC(=O)[C@H]2CN(S(=O)(=O)CC)c3ccccc3O2)cc1. The topological polar surface area (TPSA) is 84.9 Å². The molecular formula is C21H26N2O5S. The van der Waals surface area contributed by atoms with Gasteiger partial charge in [-0.1, -0.05) is 31.2 Å². The van der Waals surface area contributed by atoms with Crippen molar-refractivity contribution in [1.29, 1.82) is 0 Å². The third-order valence-corrected chi connectivity index (χ3v) is 6.48. The molecule has 0 saturated heterocycles. The van der Waals surface area contributed by atoms with E-state index in [1.807, 2.05) is 24.3 Å². The predicted molar refractivity (Wildman–Crippen MR) is 112 cm³/mol. The zero-order valence-electron chi connectivity index (χ0n) is 16.6. The molecule has 1 aliphatic rings. The first-order chi connectivity index (χ1) is 13.9. The lowest BCUT2D eigenvalue weighted by atomic mass is 10.2. The lowest BCUT2D eigenvalue weighted by Crippen LogP contribution is -2.51. The smallest absolute Gasteiger partial charge is 0.263 e. The summed E-state index contributed by atoms with van der Waals surface area (Å²) in [5.41, 5.74) is 1.68. The summed E-state index contributed by atoms with van der Waals surface area (Å²) >= 11 is 0. The Morgan fingerprint density at radius 2 is 1.90 bits per heavy atom. The van der Waals surface area contributed by atoms with Crippen LogP contribution in [0.5, 0.6) is 11.5 Å². The molecule has 1 amide bonds. The van der Waals surface area contributed by atoms with Crippen LogP contribution in [0, 0.1) is 0 Å². The number of anilines is 1. The fourth-order valence-electron chi connectivity index (χ4n) is 3.04. The van der Waals surface area contributed by atoms with E-state index < -0.39 is 16.1 Å². The van der Waals surface area contributed by atoms with Crippen LogP contribution < -0.4 is 19.1 Å². The lowest BCUT2D eigenvalue weighted by Gasteiger charge is -2.34. The van der Waals surface area contributed by atoms with Gasteiger partial charge in [-0.2, -0.15) is 0 Å². The summed E-state index contributed by atoms with van der Waals surface area (Å²) in [6, 6.07) is 14.6. The maximum Gasteiger partial charge on any atom is 0.263 e. The maximum atomic E-state index is 12.6. The third-order valence-electron chi connectivity index (χ3n) is 4.73. The highest BCUT2D eigenvalue weighted by atomic mass is 32.2. The summed E-state index contributed by atoms with van der Waals surface area (Å²) in [6.45, 7) is 4.20. The molecule has 1 atom stereocenters. The minimum absolute atomic E-state index is 0.0552. The Balaban J connectivity index is 1.58. The van der Waals surface area contributed by atoms with Crippen molar-refractivity contribution in [2.24, 2.45) is 0 Å². The number of sulfonamides is 1. The summed E-state index contributed by atoms with van der Waals surface area (Å²) in [5, 5.41) is 2.76. The Hall–Kier alpha value is -2.74. The van der Waals surface area contributed by atoms with Crippen molar-refractivity contribution in [3.8, 4) is 11.5 Å². The minimum atomic E-state index is -3.52. The Morgan fingerprint density at radius 3 is 2.59 bits per heavy atom. The highest BCUT2D eigenvalue weighted by Crippen LogP contribution is 2.35. The Bertz CT molecular complexity index is 944. The number of rotatable bonds is 8. The molecule has 0 aliphatic carbocycles. The first-order valence-corrected chi connectivity index (χ1v) is 11.3. The van der Waals surface area contributed by atoms with Crippen LogP contribution in [0.1, 0.15) is 19.4 Å². The van der Waals surface area contributed by atoms with Gasteiger partial charge in [0, 0.05) is 0 Å². The van der Waals surface area contributed by atoms with E-state index in [1.165, 1.54) is 9.87 Å². The molecule has 3 rings (SSSR count). The van der Waals surface area contributed by atoms with Gasteiger partial charge in [-0.15, -0.1) is 0 Å². The number of para-hydroxylation sites is 2. The number of aryl methyl sites for hydroxylation is 1. The van der Waals surface area contributed by atoms with Crippen LogP contribution in [-0.2, 0) is 21.2 Å². The molecule has 0 aromatic heterocycles. The second-order valence-electron chi connectivity index (χ2n) is 6.64. The van der Waals surface area contributed by atoms with Crippen molar-refractivity contribution < 1.29 is 22.7 Å². The Kier molecular flexibility index (Phi) is 6.64. The predicted octanol–water partition coefficient (Wildman–Crippen LogP) is 2.36. The molecule has 0 bridgehead atoms. The van der Waals surface area contributed by atoms with E-state index in [2.05, 4.69) is 12.2 Å². The quantitative estimate of drug-likeness (QED) is 0.666. The summed E-state index contributed by atoms with van der Waals surface area (Å²) in [5.74, 6) is 0.684. The molecule has 156 valence electrons. The standard InChI is InChI=1S/C21H26N2O5S/c1-3-16-9-11-17(12-10-16)27-14-13-22-21(24)20-15-23(29(25,26)4-2)18-7-5-6-8-19(18)28-20/h5-12,20H,3-4,13-15H2,1-2H3,(H,22,24)/t20-/m1/s1. The van der Waals surface area contributed by atoms with Crippen molar-refractivity contribution >= 4 is 21.6 Å². The first kappa shape index (κ1) is 21.0. The molecule has 1 aliphatic heterocycles. The first-order valence-electron chi connectivity index (χ1n) is 9.70. The van der Waals surface area contributed by atoms with E-state index in [9.17, 15) is 13.2 Å². The number of hydrogen-bond acceptors (Lipinski definition) is 5. The van der Waals surface area contributed by atoms with Crippen LogP contribution >= 0.6 is 0 Å². The number of benzene rings is 2. The average molecular weight is 419 g/mol. The summed E-state index contributed by atoms with van der Waals surface area (Å²) < 4.78 is 37.6. The number of carbonyl (C=O) groups is 1. The summed E-state index contributed by atoms with van der Waals surface area (Å²) in [7, 11) is -3.52. The molecular weight excluding hydrogens is 392 g/mol. The molecule has 7 nitrogen and oxygen atoms in total. The van der Waals surface area contributed by atoms with Gasteiger partial charge < -0.3 is 14.8 Å². The monoisotopic (exact) mass is 418 g/mol. The fourth-order valence-corrected chi connectivity index (χ4v) is 4.16. The summed E-state index contributed by atoms with van der Waals surface area (Å²) in [6.07, 6.45) is 0.0427. The van der Waals surface area contributed by atoms with E-state index in [1.54, 1.807) is 31.2 Å². The molecule has 0 saturated carbocycles. The Morgan fingerprint density at radius 1 is 1.17 bits per heavy atom. The van der Waals surface area contributed by atoms with E-state index >= 15 is 0 Å². The van der Waals surface area contributed by atoms with Crippen molar-refractivity contribution in [2.45, 2.75) is 26.4 Å². The zero-order valence-corrected chi connectivity index (χ0v) is 17.4. The molecule has 0 radical (unpaired) electrons. The van der Waals surface area contributed by atoms with Gasteiger partial charge >= 0.3 is 0 Å². The van der Waals surface area contributed by atoms with Gasteiger partial charge in [-0.3, -0.25) is 9.10 Å². The highest BCUT2D eigenvalue weighted by molar-refractivity contribution is 7.92. The molecule has 29 heavy (non-hydrogen) atoms. The van der Waals surface area contributed by atoms with Crippen LogP contribution in [0.2, 0.25) is 0 Å². The number of nitrogens with one attached hydrogen (secondary N) is 1. The van der Waals surface area contributed by atoms with Crippen LogP contribution in [0.25, 0.3) is 0 Å². The van der Waals surface area contributed by atoms with Crippen LogP contribution in [-0.4, -0.2) is 45.9 Å². The number of amides is 1. The lowest BCUT2D eigenvalue weighted by molar-refractivity contribution is -0.127. The van der Waals surface area contributed by atoms with Gasteiger partial charge in [0.25, 0.3) is 5.91 Å². The van der Waals surface area contributed by atoms with Gasteiger partial charge in [0.15, 0.2) is 6.10 Å². The van der Waals surface area contributed by atoms with Crippen molar-refractivity contribution in [3.05, 3.63) is 54.1 Å². The van der Waals surface area contributed by atoms with Gasteiger partial charge in [0.05, 0.1) is 24.5 Å². The molecule has 0 fully saturated rings. The average Bonchev–Trinajstić information content (AvgIpc) is 2.76. The van der Waals surface area contributed by atoms with Gasteiger partial charge in [0.1, 0.15) is 18.1 Å². The normalized spacial score (nSPS) is 15.9. The molecule has 2 aromatic carbocycles. The van der Waals surface area contributed by atoms with Crippen LogP contribution in [0.15, 0.2) is 48.5 Å². The van der Waals surface area contributed by atoms with Gasteiger partial charge in [-0.05, 0) is 43.2 Å². The molecule has 0 unspecified atom stereocenters. The molecule has 8 heteroatoms. The second kappa shape index (κ2) is 9.17. The van der Waals surface area contributed by atoms with Crippen molar-refractivity contribution in [2.75, 3.05) is 29.8 Å². The highest BCUT2D eigenvalue weighted by Gasteiger charge is 2.35. The number of ether oxygens (including phenoxy) is 2.